The molecule has 2 aromatic rings. The second-order valence-electron chi connectivity index (χ2n) is 6.78. The van der Waals surface area contributed by atoms with Gasteiger partial charge in [0.25, 0.3) is 5.91 Å². The molecule has 154 valence electrons. The number of amides is 2. The molecule has 1 aliphatic rings. The highest BCUT2D eigenvalue weighted by molar-refractivity contribution is 6.53. The van der Waals surface area contributed by atoms with Gasteiger partial charge in [-0.05, 0) is 49.2 Å². The van der Waals surface area contributed by atoms with E-state index in [1.807, 2.05) is 0 Å². The number of benzene rings is 2. The smallest absolute Gasteiger partial charge is 0.251 e. The van der Waals surface area contributed by atoms with Crippen molar-refractivity contribution in [2.45, 2.75) is 24.1 Å². The number of carbonyl (C=O) groups excluding carboxylic acids is 2. The molecule has 0 aliphatic heterocycles. The van der Waals surface area contributed by atoms with Crippen molar-refractivity contribution in [2.24, 2.45) is 5.92 Å². The molecule has 2 aromatic carbocycles. The number of hydrogen-bond donors (Lipinski definition) is 2. The van der Waals surface area contributed by atoms with E-state index in [1.165, 1.54) is 18.2 Å². The molecule has 0 aromatic heterocycles. The van der Waals surface area contributed by atoms with Gasteiger partial charge in [-0.2, -0.15) is 0 Å². The highest BCUT2D eigenvalue weighted by Gasteiger charge is 2.67. The Kier molecular flexibility index (Phi) is 6.35. The summed E-state index contributed by atoms with van der Waals surface area (Å²) in [5.74, 6) is -2.63. The molecule has 2 atom stereocenters. The molecule has 1 fully saturated rings. The van der Waals surface area contributed by atoms with Crippen LogP contribution in [0.5, 0.6) is 0 Å². The zero-order chi connectivity index (χ0) is 21.5. The van der Waals surface area contributed by atoms with Crippen molar-refractivity contribution in [2.75, 3.05) is 11.9 Å². The van der Waals surface area contributed by atoms with Gasteiger partial charge >= 0.3 is 0 Å². The maximum Gasteiger partial charge on any atom is 0.251 e. The second kappa shape index (κ2) is 8.31. The number of halogens is 5. The summed E-state index contributed by atoms with van der Waals surface area (Å²) in [6.45, 7) is 3.98. The predicted molar refractivity (Wildman–Crippen MR) is 115 cm³/mol. The molecule has 2 N–H and O–H groups in total. The van der Waals surface area contributed by atoms with E-state index < -0.39 is 27.9 Å². The molecule has 2 amide bonds. The summed E-state index contributed by atoms with van der Waals surface area (Å²) in [6, 6.07) is 7.19. The second-order valence-corrected chi connectivity index (χ2v) is 9.04. The zero-order valence-electron chi connectivity index (χ0n) is 15.5. The van der Waals surface area contributed by atoms with Gasteiger partial charge in [0.05, 0.1) is 10.9 Å². The summed E-state index contributed by atoms with van der Waals surface area (Å²) < 4.78 is 12.1. The van der Waals surface area contributed by atoms with E-state index in [0.717, 1.165) is 0 Å². The number of carbonyl (C=O) groups is 2. The van der Waals surface area contributed by atoms with Gasteiger partial charge in [-0.15, -0.1) is 23.2 Å². The largest absolute Gasteiger partial charge is 0.352 e. The minimum atomic E-state index is -1.36. The first-order valence-corrected chi connectivity index (χ1v) is 10.3. The lowest BCUT2D eigenvalue weighted by atomic mass is 10.1. The highest BCUT2D eigenvalue weighted by Crippen LogP contribution is 2.65. The maximum absolute atomic E-state index is 13.4. The van der Waals surface area contributed by atoms with Crippen molar-refractivity contribution >= 4 is 63.9 Å². The van der Waals surface area contributed by atoms with Crippen LogP contribution in [0.2, 0.25) is 10.0 Å². The van der Waals surface area contributed by atoms with E-state index >= 15 is 0 Å². The fourth-order valence-electron chi connectivity index (χ4n) is 3.24. The Bertz CT molecular complexity index is 997. The Morgan fingerprint density at radius 2 is 1.83 bits per heavy atom. The van der Waals surface area contributed by atoms with Gasteiger partial charge < -0.3 is 10.6 Å². The standard InChI is InChI=1S/C20H17Cl4FN2O2/c1-3-26-18(28)12-7-11(8-13(21)9(12)2)27-19(29)17-16(20(17,23)24)10-4-5-15(25)14(22)6-10/h4-8,16-17H,3H2,1-2H3,(H,26,28)(H,27,29). The van der Waals surface area contributed by atoms with Crippen LogP contribution in [-0.2, 0) is 4.79 Å². The van der Waals surface area contributed by atoms with E-state index in [2.05, 4.69) is 10.6 Å². The van der Waals surface area contributed by atoms with Gasteiger partial charge in [0.15, 0.2) is 0 Å². The van der Waals surface area contributed by atoms with Crippen molar-refractivity contribution in [3.05, 3.63) is 62.9 Å². The summed E-state index contributed by atoms with van der Waals surface area (Å²) in [4.78, 5) is 25.0. The molecule has 0 radical (unpaired) electrons. The molecule has 9 heteroatoms. The fourth-order valence-corrected chi connectivity index (χ4v) is 4.47. The average Bonchev–Trinajstić information content (AvgIpc) is 3.22. The molecule has 1 saturated carbocycles. The van der Waals surface area contributed by atoms with E-state index in [0.29, 0.717) is 33.9 Å². The van der Waals surface area contributed by atoms with Crippen LogP contribution in [0, 0.1) is 18.7 Å². The number of rotatable bonds is 5. The third kappa shape index (κ3) is 4.33. The molecule has 4 nitrogen and oxygen atoms in total. The van der Waals surface area contributed by atoms with Crippen LogP contribution in [0.25, 0.3) is 0 Å². The number of alkyl halides is 2. The molecule has 0 spiro atoms. The Hall–Kier alpha value is -1.53. The SMILES string of the molecule is CCNC(=O)c1cc(NC(=O)C2C(c3ccc(F)c(Cl)c3)C2(Cl)Cl)cc(Cl)c1C. The van der Waals surface area contributed by atoms with Crippen LogP contribution in [-0.4, -0.2) is 22.7 Å². The first-order valence-electron chi connectivity index (χ1n) is 8.79. The van der Waals surface area contributed by atoms with Gasteiger partial charge in [-0.3, -0.25) is 9.59 Å². The maximum atomic E-state index is 13.4. The molecular weight excluding hydrogens is 461 g/mol. The van der Waals surface area contributed by atoms with Gasteiger partial charge in [-0.25, -0.2) is 4.39 Å². The topological polar surface area (TPSA) is 58.2 Å². The highest BCUT2D eigenvalue weighted by atomic mass is 35.5. The summed E-state index contributed by atoms with van der Waals surface area (Å²) in [7, 11) is 0. The third-order valence-electron chi connectivity index (χ3n) is 4.83. The van der Waals surface area contributed by atoms with Gasteiger partial charge in [0.2, 0.25) is 5.91 Å². The minimum Gasteiger partial charge on any atom is -0.352 e. The lowest BCUT2D eigenvalue weighted by Crippen LogP contribution is -2.24. The Balaban J connectivity index is 1.83. The number of anilines is 1. The van der Waals surface area contributed by atoms with Crippen LogP contribution in [0.3, 0.4) is 0 Å². The molecule has 0 heterocycles. The Labute approximate surface area is 187 Å². The van der Waals surface area contributed by atoms with Crippen molar-refractivity contribution < 1.29 is 14.0 Å². The van der Waals surface area contributed by atoms with Crippen LogP contribution in [0.1, 0.15) is 34.3 Å². The van der Waals surface area contributed by atoms with Crippen molar-refractivity contribution in [3.63, 3.8) is 0 Å². The Morgan fingerprint density at radius 3 is 2.45 bits per heavy atom. The average molecular weight is 478 g/mol. The minimum absolute atomic E-state index is 0.0745. The van der Waals surface area contributed by atoms with Crippen molar-refractivity contribution in [3.8, 4) is 0 Å². The van der Waals surface area contributed by atoms with Crippen LogP contribution in [0.4, 0.5) is 10.1 Å². The molecule has 1 aliphatic carbocycles. The molecule has 0 bridgehead atoms. The molecular formula is C20H17Cl4FN2O2. The van der Waals surface area contributed by atoms with Crippen molar-refractivity contribution in [1.29, 1.82) is 0 Å². The summed E-state index contributed by atoms with van der Waals surface area (Å²) in [5, 5.41) is 5.68. The Morgan fingerprint density at radius 1 is 1.14 bits per heavy atom. The first kappa shape index (κ1) is 22.2. The van der Waals surface area contributed by atoms with Crippen molar-refractivity contribution in [1.82, 2.24) is 5.32 Å². The summed E-state index contributed by atoms with van der Waals surface area (Å²) in [5.41, 5.74) is 1.87. The van der Waals surface area contributed by atoms with Crippen LogP contribution >= 0.6 is 46.4 Å². The third-order valence-corrected chi connectivity index (χ3v) is 6.46. The molecule has 2 unspecified atom stereocenters. The first-order chi connectivity index (χ1) is 13.6. The van der Waals surface area contributed by atoms with E-state index in [1.54, 1.807) is 26.0 Å². The lowest BCUT2D eigenvalue weighted by molar-refractivity contribution is -0.117. The number of nitrogens with one attached hydrogen (secondary N) is 2. The van der Waals surface area contributed by atoms with E-state index in [-0.39, 0.29) is 10.9 Å². The molecule has 3 rings (SSSR count). The molecule has 29 heavy (non-hydrogen) atoms. The van der Waals surface area contributed by atoms with E-state index in [4.69, 9.17) is 46.4 Å². The van der Waals surface area contributed by atoms with Gasteiger partial charge in [-0.1, -0.05) is 29.3 Å². The quantitative estimate of drug-likeness (QED) is 0.541. The summed E-state index contributed by atoms with van der Waals surface area (Å²) in [6.07, 6.45) is 0. The summed E-state index contributed by atoms with van der Waals surface area (Å²) >= 11 is 24.7. The zero-order valence-corrected chi connectivity index (χ0v) is 18.5. The van der Waals surface area contributed by atoms with Gasteiger partial charge in [0, 0.05) is 28.7 Å². The van der Waals surface area contributed by atoms with Crippen LogP contribution in [0.15, 0.2) is 30.3 Å². The fraction of sp³-hybridized carbons (Fsp3) is 0.300. The predicted octanol–water partition coefficient (Wildman–Crippen LogP) is 5.72. The lowest BCUT2D eigenvalue weighted by Gasteiger charge is -2.12. The molecule has 0 saturated heterocycles. The van der Waals surface area contributed by atoms with Gasteiger partial charge in [0.1, 0.15) is 10.2 Å². The van der Waals surface area contributed by atoms with E-state index in [9.17, 15) is 14.0 Å². The number of hydrogen-bond acceptors (Lipinski definition) is 2. The monoisotopic (exact) mass is 476 g/mol. The van der Waals surface area contributed by atoms with Crippen LogP contribution < -0.4 is 10.6 Å². The normalized spacial score (nSPS) is 19.6.